The number of tetrazole rings is 1. The van der Waals surface area contributed by atoms with Gasteiger partial charge in [-0.2, -0.15) is 9.78 Å². The molecule has 0 saturated heterocycles. The second kappa shape index (κ2) is 7.06. The van der Waals surface area contributed by atoms with Crippen LogP contribution in [0, 0.1) is 0 Å². The van der Waals surface area contributed by atoms with Crippen molar-refractivity contribution in [1.29, 1.82) is 0 Å². The Labute approximate surface area is 150 Å². The van der Waals surface area contributed by atoms with Crippen molar-refractivity contribution in [2.24, 2.45) is 0 Å². The Morgan fingerprint density at radius 1 is 0.962 bits per heavy atom. The van der Waals surface area contributed by atoms with E-state index < -0.39 is 0 Å². The molecule has 8 nitrogen and oxygen atoms in total. The van der Waals surface area contributed by atoms with E-state index in [2.05, 4.69) is 25.9 Å². The van der Waals surface area contributed by atoms with Crippen LogP contribution in [0.25, 0.3) is 11.4 Å². The quantitative estimate of drug-likeness (QED) is 0.577. The van der Waals surface area contributed by atoms with Crippen LogP contribution in [-0.2, 0) is 6.54 Å². The number of ether oxygens (including phenoxy) is 1. The molecule has 2 aromatic carbocycles. The molecule has 4 rings (SSSR count). The monoisotopic (exact) mass is 347 g/mol. The van der Waals surface area contributed by atoms with Gasteiger partial charge in [0.15, 0.2) is 0 Å². The molecule has 2 heterocycles. The van der Waals surface area contributed by atoms with Crippen molar-refractivity contribution in [2.75, 3.05) is 12.4 Å². The van der Waals surface area contributed by atoms with Crippen LogP contribution >= 0.6 is 0 Å². The van der Waals surface area contributed by atoms with Crippen LogP contribution in [0.2, 0.25) is 0 Å². The summed E-state index contributed by atoms with van der Waals surface area (Å²) >= 11 is 0. The minimum absolute atomic E-state index is 0.510. The fourth-order valence-corrected chi connectivity index (χ4v) is 2.54. The highest BCUT2D eigenvalue weighted by atomic mass is 16.5. The lowest BCUT2D eigenvalue weighted by Crippen LogP contribution is -2.08. The van der Waals surface area contributed by atoms with Gasteiger partial charge in [-0.1, -0.05) is 23.3 Å². The summed E-state index contributed by atoms with van der Waals surface area (Å²) in [6.45, 7) is 0.510. The first-order chi connectivity index (χ1) is 12.8. The zero-order chi connectivity index (χ0) is 17.8. The molecule has 4 aromatic rings. The highest BCUT2D eigenvalue weighted by molar-refractivity contribution is 5.39. The van der Waals surface area contributed by atoms with E-state index in [0.29, 0.717) is 12.5 Å². The largest absolute Gasteiger partial charge is 0.497 e. The summed E-state index contributed by atoms with van der Waals surface area (Å²) in [5, 5.41) is 19.6. The number of para-hydroxylation sites is 1. The summed E-state index contributed by atoms with van der Waals surface area (Å²) in [5.74, 6) is 1.38. The van der Waals surface area contributed by atoms with Crippen LogP contribution < -0.4 is 10.1 Å². The highest BCUT2D eigenvalue weighted by Gasteiger charge is 2.08. The van der Waals surface area contributed by atoms with E-state index in [4.69, 9.17) is 4.74 Å². The van der Waals surface area contributed by atoms with Crippen LogP contribution in [0.4, 0.5) is 5.95 Å². The molecule has 0 spiro atoms. The lowest BCUT2D eigenvalue weighted by molar-refractivity contribution is 0.414. The third kappa shape index (κ3) is 3.25. The third-order valence-electron chi connectivity index (χ3n) is 3.88. The summed E-state index contributed by atoms with van der Waals surface area (Å²) in [5.41, 5.74) is 2.73. The average molecular weight is 347 g/mol. The Bertz CT molecular complexity index is 976. The molecular weight excluding hydrogens is 330 g/mol. The number of benzene rings is 2. The Morgan fingerprint density at radius 2 is 1.77 bits per heavy atom. The molecule has 0 saturated carbocycles. The van der Waals surface area contributed by atoms with E-state index >= 15 is 0 Å². The fourth-order valence-electron chi connectivity index (χ4n) is 2.54. The molecule has 130 valence electrons. The van der Waals surface area contributed by atoms with Gasteiger partial charge < -0.3 is 10.1 Å². The van der Waals surface area contributed by atoms with Crippen LogP contribution in [0.5, 0.6) is 5.75 Å². The van der Waals surface area contributed by atoms with E-state index in [-0.39, 0.29) is 0 Å². The van der Waals surface area contributed by atoms with Crippen LogP contribution in [0.1, 0.15) is 5.69 Å². The molecule has 0 aliphatic rings. The number of nitrogens with zero attached hydrogens (tertiary/aromatic N) is 6. The van der Waals surface area contributed by atoms with Crippen molar-refractivity contribution in [3.05, 3.63) is 72.6 Å². The van der Waals surface area contributed by atoms with E-state index in [1.54, 1.807) is 11.8 Å². The highest BCUT2D eigenvalue weighted by Crippen LogP contribution is 2.15. The van der Waals surface area contributed by atoms with Gasteiger partial charge in [-0.25, -0.2) is 4.68 Å². The molecule has 0 bridgehead atoms. The van der Waals surface area contributed by atoms with Gasteiger partial charge in [0.25, 0.3) is 0 Å². The van der Waals surface area contributed by atoms with Gasteiger partial charge in [0.1, 0.15) is 5.75 Å². The van der Waals surface area contributed by atoms with Crippen LogP contribution in [-0.4, -0.2) is 37.1 Å². The van der Waals surface area contributed by atoms with Gasteiger partial charge in [0, 0.05) is 6.20 Å². The first-order valence-corrected chi connectivity index (χ1v) is 8.10. The molecule has 1 N–H and O–H groups in total. The molecule has 8 heteroatoms. The maximum absolute atomic E-state index is 5.18. The smallest absolute Gasteiger partial charge is 0.248 e. The Morgan fingerprint density at radius 3 is 2.54 bits per heavy atom. The zero-order valence-corrected chi connectivity index (χ0v) is 14.1. The summed E-state index contributed by atoms with van der Waals surface area (Å²) in [6.07, 6.45) is 1.92. The molecule has 0 unspecified atom stereocenters. The van der Waals surface area contributed by atoms with Crippen LogP contribution in [0.3, 0.4) is 0 Å². The van der Waals surface area contributed by atoms with Gasteiger partial charge in [-0.05, 0) is 52.9 Å². The molecule has 0 amide bonds. The third-order valence-corrected chi connectivity index (χ3v) is 3.88. The predicted molar refractivity (Wildman–Crippen MR) is 96.6 cm³/mol. The number of nitrogens with one attached hydrogen (secondary N) is 1. The Kier molecular flexibility index (Phi) is 4.29. The molecule has 0 fully saturated rings. The van der Waals surface area contributed by atoms with Gasteiger partial charge >= 0.3 is 0 Å². The maximum atomic E-state index is 5.18. The predicted octanol–water partition coefficient (Wildman–Crippen LogP) is 2.47. The second-order valence-electron chi connectivity index (χ2n) is 5.55. The van der Waals surface area contributed by atoms with Crippen molar-refractivity contribution in [3.8, 4) is 17.1 Å². The van der Waals surface area contributed by atoms with Crippen molar-refractivity contribution in [1.82, 2.24) is 30.0 Å². The molecule has 0 atom stereocenters. The van der Waals surface area contributed by atoms with Gasteiger partial charge in [-0.3, -0.25) is 0 Å². The first-order valence-electron chi connectivity index (χ1n) is 8.10. The number of rotatable bonds is 6. The summed E-state index contributed by atoms with van der Waals surface area (Å²) in [6, 6.07) is 19.4. The average Bonchev–Trinajstić information content (AvgIpc) is 3.36. The first kappa shape index (κ1) is 15.8. The summed E-state index contributed by atoms with van der Waals surface area (Å²) in [7, 11) is 1.65. The number of methoxy groups -OCH3 is 1. The standard InChI is InChI=1S/C18H17N7O/c1-26-17-9-7-15(8-10-17)24-12-11-14(21-24)13-19-18-20-22-23-25(18)16-5-3-2-4-6-16/h2-12H,13H2,1H3,(H,19,20,23). The number of anilines is 1. The van der Waals surface area contributed by atoms with Crippen molar-refractivity contribution < 1.29 is 4.74 Å². The minimum atomic E-state index is 0.510. The number of hydrogen-bond acceptors (Lipinski definition) is 6. The van der Waals surface area contributed by atoms with E-state index in [9.17, 15) is 0 Å². The van der Waals surface area contributed by atoms with Crippen molar-refractivity contribution >= 4 is 5.95 Å². The minimum Gasteiger partial charge on any atom is -0.497 e. The maximum Gasteiger partial charge on any atom is 0.248 e. The van der Waals surface area contributed by atoms with E-state index in [0.717, 1.165) is 22.8 Å². The second-order valence-corrected chi connectivity index (χ2v) is 5.55. The molecule has 2 aromatic heterocycles. The van der Waals surface area contributed by atoms with Crippen molar-refractivity contribution in [3.63, 3.8) is 0 Å². The Hall–Kier alpha value is -3.68. The normalized spacial score (nSPS) is 10.7. The number of hydrogen-bond donors (Lipinski definition) is 1. The van der Waals surface area contributed by atoms with Gasteiger partial charge in [0.05, 0.1) is 30.7 Å². The van der Waals surface area contributed by atoms with E-state index in [1.807, 2.05) is 71.5 Å². The molecule has 26 heavy (non-hydrogen) atoms. The fraction of sp³-hybridized carbons (Fsp3) is 0.111. The van der Waals surface area contributed by atoms with Gasteiger partial charge in [-0.15, -0.1) is 0 Å². The number of aromatic nitrogens is 6. The lowest BCUT2D eigenvalue weighted by atomic mass is 10.3. The summed E-state index contributed by atoms with van der Waals surface area (Å²) < 4.78 is 8.65. The van der Waals surface area contributed by atoms with Gasteiger partial charge in [0.2, 0.25) is 5.95 Å². The Balaban J connectivity index is 1.46. The zero-order valence-electron chi connectivity index (χ0n) is 14.1. The molecular formula is C18H17N7O. The molecule has 0 radical (unpaired) electrons. The van der Waals surface area contributed by atoms with E-state index in [1.165, 1.54) is 0 Å². The molecule has 0 aliphatic carbocycles. The van der Waals surface area contributed by atoms with Crippen molar-refractivity contribution in [2.45, 2.75) is 6.54 Å². The topological polar surface area (TPSA) is 82.7 Å². The SMILES string of the molecule is COc1ccc(-n2ccc(CNc3nnnn3-c3ccccc3)n2)cc1. The summed E-state index contributed by atoms with van der Waals surface area (Å²) in [4.78, 5) is 0. The van der Waals surface area contributed by atoms with Crippen LogP contribution in [0.15, 0.2) is 66.9 Å². The lowest BCUT2D eigenvalue weighted by Gasteiger charge is -2.06. The molecule has 0 aliphatic heterocycles.